The zero-order chi connectivity index (χ0) is 19.1. The number of fused-ring (bicyclic) bond motifs is 1. The maximum atomic E-state index is 10.6. The monoisotopic (exact) mass is 360 g/mol. The van der Waals surface area contributed by atoms with Crippen molar-refractivity contribution in [2.24, 2.45) is 23.7 Å². The Morgan fingerprint density at radius 2 is 2.15 bits per heavy atom. The normalized spacial score (nSPS) is 31.6. The first-order chi connectivity index (χ1) is 12.4. The number of aliphatic carboxylic acids is 1. The fraction of sp³-hybridized carbons (Fsp3) is 0.682. The summed E-state index contributed by atoms with van der Waals surface area (Å²) in [6.45, 7) is 3.79. The highest BCUT2D eigenvalue weighted by atomic mass is 16.4. The molecule has 0 unspecified atom stereocenters. The number of carboxylic acids is 1. The number of unbranched alkanes of at least 4 members (excludes halogenated alkanes) is 1. The van der Waals surface area contributed by atoms with Crippen LogP contribution in [0.3, 0.4) is 0 Å². The van der Waals surface area contributed by atoms with Crippen LogP contribution in [0.15, 0.2) is 23.8 Å². The quantitative estimate of drug-likeness (QED) is 0.351. The molecule has 4 nitrogen and oxygen atoms in total. The Labute approximate surface area is 157 Å². The van der Waals surface area contributed by atoms with E-state index in [-0.39, 0.29) is 24.4 Å². The molecule has 26 heavy (non-hydrogen) atoms. The molecule has 2 rings (SSSR count). The van der Waals surface area contributed by atoms with E-state index < -0.39 is 12.1 Å². The van der Waals surface area contributed by atoms with Gasteiger partial charge in [0.05, 0.1) is 12.2 Å². The summed E-state index contributed by atoms with van der Waals surface area (Å²) >= 11 is 0. The van der Waals surface area contributed by atoms with E-state index in [4.69, 9.17) is 5.11 Å². The second-order valence-electron chi connectivity index (χ2n) is 7.84. The summed E-state index contributed by atoms with van der Waals surface area (Å²) in [6.07, 6.45) is 10.4. The minimum Gasteiger partial charge on any atom is -0.481 e. The van der Waals surface area contributed by atoms with E-state index in [1.807, 2.05) is 19.1 Å². The van der Waals surface area contributed by atoms with E-state index in [9.17, 15) is 15.0 Å². The maximum absolute atomic E-state index is 10.6. The van der Waals surface area contributed by atoms with E-state index in [0.717, 1.165) is 25.7 Å². The van der Waals surface area contributed by atoms with Gasteiger partial charge in [0, 0.05) is 18.8 Å². The van der Waals surface area contributed by atoms with Gasteiger partial charge in [-0.2, -0.15) is 0 Å². The molecule has 0 aromatic carbocycles. The van der Waals surface area contributed by atoms with Gasteiger partial charge < -0.3 is 15.3 Å². The van der Waals surface area contributed by atoms with Crippen LogP contribution in [0.4, 0.5) is 0 Å². The third-order valence-electron chi connectivity index (χ3n) is 5.85. The minimum absolute atomic E-state index is 0.0845. The van der Waals surface area contributed by atoms with Gasteiger partial charge in [-0.25, -0.2) is 0 Å². The number of allylic oxidation sites excluding steroid dienone is 2. The summed E-state index contributed by atoms with van der Waals surface area (Å²) in [5, 5.41) is 29.4. The third kappa shape index (κ3) is 5.72. The lowest BCUT2D eigenvalue weighted by molar-refractivity contribution is -0.137. The summed E-state index contributed by atoms with van der Waals surface area (Å²) in [7, 11) is 0. The fourth-order valence-electron chi connectivity index (χ4n) is 4.31. The zero-order valence-corrected chi connectivity index (χ0v) is 15.9. The van der Waals surface area contributed by atoms with Crippen molar-refractivity contribution in [3.05, 3.63) is 23.8 Å². The standard InChI is InChI=1S/C22H32O4/c1-3-4-7-15(2)20(23)11-10-18-19-13-16(8-5-6-9-22(25)26)12-17(19)14-21(18)24/h8,10-11,15,17-21,23-24H,5-7,9,12-14H2,1-2H3,(H,25,26)/b11-10+,16-8+/t15-,17-,18-,19+,20-,21-/m1/s1. The van der Waals surface area contributed by atoms with Gasteiger partial charge in [0.1, 0.15) is 0 Å². The summed E-state index contributed by atoms with van der Waals surface area (Å²) in [4.78, 5) is 10.6. The smallest absolute Gasteiger partial charge is 0.303 e. The minimum atomic E-state index is -0.738. The molecular weight excluding hydrogens is 328 g/mol. The molecule has 2 saturated carbocycles. The van der Waals surface area contributed by atoms with Crippen LogP contribution < -0.4 is 0 Å². The third-order valence-corrected chi connectivity index (χ3v) is 5.85. The lowest BCUT2D eigenvalue weighted by Crippen LogP contribution is -2.19. The number of aliphatic hydroxyl groups is 2. The molecule has 2 aliphatic rings. The van der Waals surface area contributed by atoms with Crippen molar-refractivity contribution >= 4 is 5.97 Å². The molecule has 0 radical (unpaired) electrons. The molecule has 0 spiro atoms. The van der Waals surface area contributed by atoms with Gasteiger partial charge >= 0.3 is 5.97 Å². The lowest BCUT2D eigenvalue weighted by atomic mass is 9.89. The van der Waals surface area contributed by atoms with Crippen LogP contribution in [-0.4, -0.2) is 33.5 Å². The Morgan fingerprint density at radius 1 is 1.38 bits per heavy atom. The molecular formula is C22H32O4. The second-order valence-corrected chi connectivity index (χ2v) is 7.84. The van der Waals surface area contributed by atoms with Crippen molar-refractivity contribution in [1.82, 2.24) is 0 Å². The maximum Gasteiger partial charge on any atom is 0.303 e. The molecule has 0 saturated heterocycles. The van der Waals surface area contributed by atoms with Gasteiger partial charge in [0.2, 0.25) is 0 Å². The topological polar surface area (TPSA) is 77.8 Å². The van der Waals surface area contributed by atoms with E-state index in [2.05, 4.69) is 17.9 Å². The van der Waals surface area contributed by atoms with Crippen molar-refractivity contribution in [1.29, 1.82) is 0 Å². The molecule has 4 heteroatoms. The van der Waals surface area contributed by atoms with E-state index in [0.29, 0.717) is 24.7 Å². The molecule has 6 atom stereocenters. The zero-order valence-electron chi connectivity index (χ0n) is 15.9. The van der Waals surface area contributed by atoms with Crippen LogP contribution in [0.2, 0.25) is 0 Å². The first kappa shape index (κ1) is 20.7. The first-order valence-electron chi connectivity index (χ1n) is 9.76. The van der Waals surface area contributed by atoms with Crippen molar-refractivity contribution < 1.29 is 20.1 Å². The molecule has 2 aliphatic carbocycles. The van der Waals surface area contributed by atoms with Gasteiger partial charge in [0.15, 0.2) is 0 Å². The Balaban J connectivity index is 1.89. The van der Waals surface area contributed by atoms with Crippen LogP contribution in [0.1, 0.15) is 58.8 Å². The van der Waals surface area contributed by atoms with Crippen molar-refractivity contribution in [2.75, 3.05) is 0 Å². The Hall–Kier alpha value is -1.57. The number of carboxylic acid groups (broad SMARTS) is 1. The Bertz CT molecular complexity index is 595. The number of hydrogen-bond donors (Lipinski definition) is 3. The van der Waals surface area contributed by atoms with Crippen LogP contribution in [-0.2, 0) is 4.79 Å². The summed E-state index contributed by atoms with van der Waals surface area (Å²) in [5.74, 6) is 6.25. The largest absolute Gasteiger partial charge is 0.481 e. The molecule has 0 aromatic heterocycles. The molecule has 0 amide bonds. The van der Waals surface area contributed by atoms with Crippen LogP contribution >= 0.6 is 0 Å². The highest BCUT2D eigenvalue weighted by Crippen LogP contribution is 2.50. The summed E-state index contributed by atoms with van der Waals surface area (Å²) in [6, 6.07) is 0. The summed E-state index contributed by atoms with van der Waals surface area (Å²) in [5.41, 5.74) is 1.41. The average Bonchev–Trinajstić information content (AvgIpc) is 3.10. The van der Waals surface area contributed by atoms with Crippen molar-refractivity contribution in [2.45, 2.75) is 71.0 Å². The average molecular weight is 360 g/mol. The van der Waals surface area contributed by atoms with Crippen molar-refractivity contribution in [3.8, 4) is 11.8 Å². The predicted octanol–water partition coefficient (Wildman–Crippen LogP) is 3.54. The number of aliphatic hydroxyl groups excluding tert-OH is 2. The van der Waals surface area contributed by atoms with Gasteiger partial charge in [-0.1, -0.05) is 30.7 Å². The lowest BCUT2D eigenvalue weighted by Gasteiger charge is -2.19. The Morgan fingerprint density at radius 3 is 2.85 bits per heavy atom. The highest BCUT2D eigenvalue weighted by Gasteiger charge is 2.44. The highest BCUT2D eigenvalue weighted by molar-refractivity contribution is 5.66. The molecule has 0 aromatic rings. The molecule has 3 N–H and O–H groups in total. The van der Waals surface area contributed by atoms with Crippen LogP contribution in [0.25, 0.3) is 0 Å². The predicted molar refractivity (Wildman–Crippen MR) is 102 cm³/mol. The van der Waals surface area contributed by atoms with Crippen molar-refractivity contribution in [3.63, 3.8) is 0 Å². The molecule has 0 aliphatic heterocycles. The number of hydrogen-bond acceptors (Lipinski definition) is 3. The van der Waals surface area contributed by atoms with Gasteiger partial charge in [0.25, 0.3) is 0 Å². The van der Waals surface area contributed by atoms with Gasteiger partial charge in [-0.3, -0.25) is 4.79 Å². The fourth-order valence-corrected chi connectivity index (χ4v) is 4.31. The van der Waals surface area contributed by atoms with Crippen LogP contribution in [0.5, 0.6) is 0 Å². The second kappa shape index (κ2) is 9.94. The van der Waals surface area contributed by atoms with E-state index >= 15 is 0 Å². The SMILES string of the molecule is CC#CC[C@@H](C)[C@H](O)/C=C/[C@@H]1[C@H]2C/C(=C/CCCC(=O)O)C[C@@H]2C[C@H]1O. The molecule has 0 heterocycles. The molecule has 144 valence electrons. The number of carbonyl (C=O) groups is 1. The number of rotatable bonds is 8. The van der Waals surface area contributed by atoms with Gasteiger partial charge in [-0.15, -0.1) is 11.8 Å². The van der Waals surface area contributed by atoms with Crippen LogP contribution in [0, 0.1) is 35.5 Å². The molecule has 2 fully saturated rings. The molecule has 0 bridgehead atoms. The van der Waals surface area contributed by atoms with Gasteiger partial charge in [-0.05, 0) is 56.8 Å². The first-order valence-corrected chi connectivity index (χ1v) is 9.76. The van der Waals surface area contributed by atoms with E-state index in [1.165, 1.54) is 5.57 Å². The Kier molecular flexibility index (Phi) is 7.93. The van der Waals surface area contributed by atoms with E-state index in [1.54, 1.807) is 6.92 Å². The summed E-state index contributed by atoms with van der Waals surface area (Å²) < 4.78 is 0.